The minimum Gasteiger partial charge on any atom is -1.00 e. The van der Waals surface area contributed by atoms with E-state index >= 15 is 0 Å². The van der Waals surface area contributed by atoms with Crippen LogP contribution in [-0.2, 0) is 16.1 Å². The van der Waals surface area contributed by atoms with Crippen LogP contribution in [0, 0.1) is 0 Å². The zero-order valence-corrected chi connectivity index (χ0v) is 10.6. The number of hydrogen-bond donors (Lipinski definition) is 0. The molecule has 3 nitrogen and oxygen atoms in total. The Morgan fingerprint density at radius 2 is 1.82 bits per heavy atom. The molecule has 0 aliphatic heterocycles. The summed E-state index contributed by atoms with van der Waals surface area (Å²) in [5, 5.41) is 0. The van der Waals surface area contributed by atoms with Crippen LogP contribution in [0.1, 0.15) is 12.0 Å². The van der Waals surface area contributed by atoms with Crippen molar-refractivity contribution in [3.8, 4) is 0 Å². The lowest BCUT2D eigenvalue weighted by Gasteiger charge is -2.29. The second kappa shape index (κ2) is 7.01. The van der Waals surface area contributed by atoms with Gasteiger partial charge >= 0.3 is 5.97 Å². The molecule has 1 rings (SSSR count). The van der Waals surface area contributed by atoms with Crippen molar-refractivity contribution in [1.82, 2.24) is 0 Å². The summed E-state index contributed by atoms with van der Waals surface area (Å²) in [6.07, 6.45) is 0.469. The summed E-state index contributed by atoms with van der Waals surface area (Å²) in [4.78, 5) is 11.1. The van der Waals surface area contributed by atoms with Crippen LogP contribution in [0.15, 0.2) is 30.3 Å². The van der Waals surface area contributed by atoms with Crippen LogP contribution in [-0.4, -0.2) is 38.2 Å². The number of benzene rings is 1. The quantitative estimate of drug-likeness (QED) is 0.480. The van der Waals surface area contributed by atoms with Crippen LogP contribution < -0.4 is 4.70 Å². The largest absolute Gasteiger partial charge is 1.00 e. The predicted octanol–water partition coefficient (Wildman–Crippen LogP) is -1.17. The summed E-state index contributed by atoms with van der Waals surface area (Å²) < 4.78 is 5.44. The van der Waals surface area contributed by atoms with Gasteiger partial charge in [-0.15, -0.1) is 0 Å². The van der Waals surface area contributed by atoms with Gasteiger partial charge in [0.05, 0.1) is 34.2 Å². The van der Waals surface area contributed by atoms with Crippen molar-refractivity contribution in [1.29, 1.82) is 0 Å². The van der Waals surface area contributed by atoms with Crippen molar-refractivity contribution in [2.75, 3.05) is 27.7 Å². The zero-order valence-electron chi connectivity index (χ0n) is 10.6. The maximum absolute atomic E-state index is 11.1. The zero-order chi connectivity index (χ0) is 12.0. The second-order valence-corrected chi connectivity index (χ2v) is 4.63. The molecule has 0 atom stereocenters. The van der Waals surface area contributed by atoms with Crippen molar-refractivity contribution in [3.63, 3.8) is 0 Å². The third kappa shape index (κ3) is 6.02. The number of nitrogens with zero attached hydrogens (tertiary/aromatic N) is 1. The molecule has 0 spiro atoms. The van der Waals surface area contributed by atoms with Gasteiger partial charge in [-0.3, -0.25) is 4.79 Å². The van der Waals surface area contributed by atoms with E-state index in [1.165, 1.54) is 12.7 Å². The van der Waals surface area contributed by atoms with Crippen LogP contribution in [0.4, 0.5) is 0 Å². The lowest BCUT2D eigenvalue weighted by Crippen LogP contribution is -3.00. The first-order valence-corrected chi connectivity index (χ1v) is 5.46. The second-order valence-electron chi connectivity index (χ2n) is 4.63. The van der Waals surface area contributed by atoms with Gasteiger partial charge in [0, 0.05) is 5.56 Å². The molecule has 4 heteroatoms. The van der Waals surface area contributed by atoms with Crippen molar-refractivity contribution < 1.29 is 18.7 Å². The number of quaternary nitrogens is 1. The molecular weight excluding hydrogens is 221 g/mol. The van der Waals surface area contributed by atoms with Gasteiger partial charge in [-0.2, -0.15) is 0 Å². The fourth-order valence-electron chi connectivity index (χ4n) is 1.65. The number of halogens is 1. The predicted molar refractivity (Wildman–Crippen MR) is 63.8 cm³/mol. The van der Waals surface area contributed by atoms with Crippen molar-refractivity contribution >= 4 is 5.97 Å². The Morgan fingerprint density at radius 1 is 1.24 bits per heavy atom. The molecule has 0 amide bonds. The Hall–Kier alpha value is -1.42. The van der Waals surface area contributed by atoms with Gasteiger partial charge in [-0.25, -0.2) is 0 Å². The highest BCUT2D eigenvalue weighted by Crippen LogP contribution is 2.09. The molecule has 96 valence electrons. The number of esters is 1. The number of rotatable bonds is 5. The molecule has 0 aliphatic carbocycles. The van der Waals surface area contributed by atoms with Gasteiger partial charge in [-0.1, -0.05) is 30.3 Å². The maximum atomic E-state index is 11.1. The van der Waals surface area contributed by atoms with E-state index in [0.29, 0.717) is 6.42 Å². The molecule has 0 radical (unpaired) electrons. The first kappa shape index (κ1) is 15.6. The van der Waals surface area contributed by atoms with Crippen molar-refractivity contribution in [3.05, 3.63) is 35.9 Å². The molecule has 0 bridgehead atoms. The molecule has 0 N–H and O–H groups in total. The van der Waals surface area contributed by atoms with E-state index in [0.717, 1.165) is 17.6 Å². The molecule has 0 aliphatic rings. The average molecular weight is 241 g/mol. The maximum Gasteiger partial charge on any atom is 0.311 e. The smallest absolute Gasteiger partial charge is 0.311 e. The monoisotopic (exact) mass is 241 g/mol. The van der Waals surface area contributed by atoms with Crippen LogP contribution in [0.3, 0.4) is 0 Å². The number of carbonyl (C=O) groups is 1. The molecule has 1 aromatic carbocycles. The van der Waals surface area contributed by atoms with E-state index in [9.17, 15) is 4.79 Å². The topological polar surface area (TPSA) is 26.3 Å². The minimum absolute atomic E-state index is 0. The molecule has 1 aromatic rings. The van der Waals surface area contributed by atoms with Crippen LogP contribution in [0.5, 0.6) is 0 Å². The Morgan fingerprint density at radius 3 is 2.35 bits per heavy atom. The number of hydrogen-bond acceptors (Lipinski definition) is 2. The Kier molecular flexibility index (Phi) is 6.43. The van der Waals surface area contributed by atoms with Crippen LogP contribution >= 0.6 is 0 Å². The molecule has 0 heterocycles. The Labute approximate surface area is 102 Å². The van der Waals surface area contributed by atoms with Gasteiger partial charge in [0.2, 0.25) is 0 Å². The van der Waals surface area contributed by atoms with Gasteiger partial charge < -0.3 is 13.9 Å². The lowest BCUT2D eigenvalue weighted by molar-refractivity contribution is -0.903. The average Bonchev–Trinajstić information content (AvgIpc) is 2.27. The van der Waals surface area contributed by atoms with Crippen molar-refractivity contribution in [2.24, 2.45) is 0 Å². The summed E-state index contributed by atoms with van der Waals surface area (Å²) in [6, 6.07) is 10.3. The van der Waals surface area contributed by atoms with E-state index in [1.807, 2.05) is 18.2 Å². The Balaban J connectivity index is 0.00000256. The molecule has 0 fully saturated rings. The van der Waals surface area contributed by atoms with E-state index < -0.39 is 0 Å². The van der Waals surface area contributed by atoms with E-state index in [1.54, 1.807) is 0 Å². The highest BCUT2D eigenvalue weighted by molar-refractivity contribution is 5.69. The minimum atomic E-state index is -0.140. The summed E-state index contributed by atoms with van der Waals surface area (Å²) in [7, 11) is 5.67. The molecule has 0 unspecified atom stereocenters. The standard InChI is InChI=1S/C13H20NO2.FH/c1-14(2,10-9-13(15)16-3)11-12-7-5-4-6-8-12;/h4-8H,9-11H2,1-3H3;1H/q+1;/p-1. The first-order valence-electron chi connectivity index (χ1n) is 5.46. The lowest BCUT2D eigenvalue weighted by atomic mass is 10.2. The summed E-state index contributed by atoms with van der Waals surface area (Å²) in [5.74, 6) is -0.140. The highest BCUT2D eigenvalue weighted by Gasteiger charge is 2.17. The first-order chi connectivity index (χ1) is 7.53. The number of carbonyl (C=O) groups excluding carboxylic acids is 1. The normalized spacial score (nSPS) is 10.5. The van der Waals surface area contributed by atoms with Crippen molar-refractivity contribution in [2.45, 2.75) is 13.0 Å². The molecule has 0 saturated carbocycles. The van der Waals surface area contributed by atoms with E-state index in [4.69, 9.17) is 0 Å². The number of methoxy groups -OCH3 is 1. The van der Waals surface area contributed by atoms with Crippen LogP contribution in [0.25, 0.3) is 0 Å². The summed E-state index contributed by atoms with van der Waals surface area (Å²) in [5.41, 5.74) is 1.29. The van der Waals surface area contributed by atoms with E-state index in [-0.39, 0.29) is 10.7 Å². The molecule has 0 aromatic heterocycles. The van der Waals surface area contributed by atoms with Gasteiger partial charge in [0.25, 0.3) is 0 Å². The molecular formula is C13H20FNO2. The summed E-state index contributed by atoms with van der Waals surface area (Å²) in [6.45, 7) is 1.72. The highest BCUT2D eigenvalue weighted by atomic mass is 19.0. The molecule has 0 saturated heterocycles. The van der Waals surface area contributed by atoms with Crippen LogP contribution in [0.2, 0.25) is 0 Å². The van der Waals surface area contributed by atoms with E-state index in [2.05, 4.69) is 31.0 Å². The number of ether oxygens (including phenoxy) is 1. The SMILES string of the molecule is COC(=O)CC[N+](C)(C)Cc1ccccc1.[F-]. The van der Waals surface area contributed by atoms with Gasteiger partial charge in [0.15, 0.2) is 0 Å². The van der Waals surface area contributed by atoms with Gasteiger partial charge in [-0.05, 0) is 0 Å². The third-order valence-electron chi connectivity index (χ3n) is 2.60. The van der Waals surface area contributed by atoms with Gasteiger partial charge in [0.1, 0.15) is 6.54 Å². The fraction of sp³-hybridized carbons (Fsp3) is 0.462. The fourth-order valence-corrected chi connectivity index (χ4v) is 1.65. The third-order valence-corrected chi connectivity index (χ3v) is 2.60. The summed E-state index contributed by atoms with van der Waals surface area (Å²) >= 11 is 0. The molecule has 17 heavy (non-hydrogen) atoms. The Bertz CT molecular complexity index is 339.